The molecule has 0 radical (unpaired) electrons. The highest BCUT2D eigenvalue weighted by molar-refractivity contribution is 5.67. The van der Waals surface area contributed by atoms with Crippen molar-refractivity contribution in [1.29, 1.82) is 0 Å². The van der Waals surface area contributed by atoms with E-state index < -0.39 is 23.3 Å². The molecule has 0 saturated carbocycles. The zero-order valence-corrected chi connectivity index (χ0v) is 19.1. The molecule has 0 saturated heterocycles. The van der Waals surface area contributed by atoms with Gasteiger partial charge in [0.25, 0.3) is 0 Å². The first-order valence-electron chi connectivity index (χ1n) is 10.9. The van der Waals surface area contributed by atoms with Crippen molar-refractivity contribution >= 4 is 0 Å². The first kappa shape index (κ1) is 24.1. The predicted octanol–water partition coefficient (Wildman–Crippen LogP) is 7.56. The van der Waals surface area contributed by atoms with Crippen molar-refractivity contribution < 1.29 is 31.8 Å². The van der Waals surface area contributed by atoms with Gasteiger partial charge in [-0.2, -0.15) is 8.78 Å². The van der Waals surface area contributed by atoms with E-state index in [1.807, 2.05) is 0 Å². The molecule has 3 nitrogen and oxygen atoms in total. The molecule has 0 aliphatic carbocycles. The van der Waals surface area contributed by atoms with Gasteiger partial charge >= 0.3 is 0 Å². The second kappa shape index (κ2) is 10.5. The molecule has 0 aliphatic rings. The number of ether oxygens (including phenoxy) is 3. The molecule has 0 unspecified atom stereocenters. The number of methoxy groups -OCH3 is 1. The maximum atomic E-state index is 14.7. The van der Waals surface area contributed by atoms with Crippen LogP contribution in [0.5, 0.6) is 17.2 Å². The van der Waals surface area contributed by atoms with Gasteiger partial charge in [0.2, 0.25) is 11.6 Å². The lowest BCUT2D eigenvalue weighted by molar-refractivity contribution is 0.285. The molecule has 0 fully saturated rings. The third-order valence-corrected chi connectivity index (χ3v) is 5.45. The van der Waals surface area contributed by atoms with E-state index in [9.17, 15) is 17.6 Å². The summed E-state index contributed by atoms with van der Waals surface area (Å²) in [7, 11) is 1.52. The maximum absolute atomic E-state index is 14.7. The van der Waals surface area contributed by atoms with Gasteiger partial charge in [-0.15, -0.1) is 0 Å². The van der Waals surface area contributed by atoms with Gasteiger partial charge in [-0.25, -0.2) is 8.78 Å². The minimum atomic E-state index is -1.10. The summed E-state index contributed by atoms with van der Waals surface area (Å²) in [6, 6.07) is 18.7. The molecule has 4 aromatic rings. The lowest BCUT2D eigenvalue weighted by Crippen LogP contribution is -2.01. The number of hydrogen-bond acceptors (Lipinski definition) is 3. The van der Waals surface area contributed by atoms with Crippen LogP contribution in [0.15, 0.2) is 72.8 Å². The monoisotopic (exact) mass is 482 g/mol. The van der Waals surface area contributed by atoms with Gasteiger partial charge < -0.3 is 14.2 Å². The summed E-state index contributed by atoms with van der Waals surface area (Å²) >= 11 is 0. The van der Waals surface area contributed by atoms with Crippen LogP contribution in [0.3, 0.4) is 0 Å². The van der Waals surface area contributed by atoms with E-state index in [2.05, 4.69) is 0 Å². The molecule has 0 aromatic heterocycles. The molecule has 7 heteroatoms. The summed E-state index contributed by atoms with van der Waals surface area (Å²) in [4.78, 5) is 0. The average Bonchev–Trinajstić information content (AvgIpc) is 2.88. The summed E-state index contributed by atoms with van der Waals surface area (Å²) in [6.07, 6.45) is 0. The molecule has 0 spiro atoms. The van der Waals surface area contributed by atoms with E-state index in [-0.39, 0.29) is 35.8 Å². The van der Waals surface area contributed by atoms with Crippen LogP contribution in [-0.2, 0) is 6.61 Å². The van der Waals surface area contributed by atoms with Crippen LogP contribution in [0, 0.1) is 23.3 Å². The van der Waals surface area contributed by atoms with Crippen LogP contribution in [0.1, 0.15) is 12.5 Å². The summed E-state index contributed by atoms with van der Waals surface area (Å²) in [5.41, 5.74) is 1.78. The van der Waals surface area contributed by atoms with E-state index >= 15 is 0 Å². The molecular formula is C28H22F4O3. The second-order valence-electron chi connectivity index (χ2n) is 7.63. The van der Waals surface area contributed by atoms with Gasteiger partial charge in [0.05, 0.1) is 13.7 Å². The Morgan fingerprint density at radius 2 is 1.06 bits per heavy atom. The van der Waals surface area contributed by atoms with Crippen LogP contribution >= 0.6 is 0 Å². The lowest BCUT2D eigenvalue weighted by atomic mass is 10.0. The molecule has 0 amide bonds. The Labute approximate surface area is 200 Å². The number of halogens is 4. The topological polar surface area (TPSA) is 27.7 Å². The molecule has 0 atom stereocenters. The third kappa shape index (κ3) is 5.09. The minimum Gasteiger partial charge on any atom is -0.497 e. The van der Waals surface area contributed by atoms with Gasteiger partial charge in [0.1, 0.15) is 12.4 Å². The van der Waals surface area contributed by atoms with Crippen molar-refractivity contribution in [2.75, 3.05) is 13.7 Å². The lowest BCUT2D eigenvalue weighted by Gasteiger charge is -2.12. The standard InChI is InChI=1S/C28H22F4O3/c1-3-34-23-14-12-21(25(29)27(23)31)18-6-4-17(5-7-18)16-35-24-15-13-22(26(30)28(24)32)19-8-10-20(33-2)11-9-19/h4-15H,3,16H2,1-2H3. The Hall–Kier alpha value is -4.00. The first-order chi connectivity index (χ1) is 16.9. The SMILES string of the molecule is CCOc1ccc(-c2ccc(COc3ccc(-c4ccc(OC)cc4)c(F)c3F)cc2)c(F)c1F. The number of hydrogen-bond donors (Lipinski definition) is 0. The van der Waals surface area contributed by atoms with Crippen molar-refractivity contribution in [3.05, 3.63) is 102 Å². The van der Waals surface area contributed by atoms with Crippen molar-refractivity contribution in [2.24, 2.45) is 0 Å². The van der Waals surface area contributed by atoms with Crippen LogP contribution in [0.4, 0.5) is 17.6 Å². The summed E-state index contributed by atoms with van der Waals surface area (Å²) in [6.45, 7) is 1.86. The van der Waals surface area contributed by atoms with Crippen molar-refractivity contribution in [2.45, 2.75) is 13.5 Å². The fraction of sp³-hybridized carbons (Fsp3) is 0.143. The number of rotatable bonds is 8. The molecule has 35 heavy (non-hydrogen) atoms. The van der Waals surface area contributed by atoms with Gasteiger partial charge in [-0.1, -0.05) is 36.4 Å². The van der Waals surface area contributed by atoms with Crippen molar-refractivity contribution in [3.63, 3.8) is 0 Å². The van der Waals surface area contributed by atoms with E-state index in [0.717, 1.165) is 0 Å². The molecule has 0 aliphatic heterocycles. The van der Waals surface area contributed by atoms with Crippen LogP contribution < -0.4 is 14.2 Å². The largest absolute Gasteiger partial charge is 0.497 e. The highest BCUT2D eigenvalue weighted by Gasteiger charge is 2.17. The summed E-state index contributed by atoms with van der Waals surface area (Å²) in [5, 5.41) is 0. The Morgan fingerprint density at radius 3 is 1.54 bits per heavy atom. The fourth-order valence-electron chi connectivity index (χ4n) is 3.60. The van der Waals surface area contributed by atoms with E-state index in [4.69, 9.17) is 14.2 Å². The van der Waals surface area contributed by atoms with Crippen LogP contribution in [0.25, 0.3) is 22.3 Å². The Bertz CT molecular complexity index is 1320. The Morgan fingerprint density at radius 1 is 0.571 bits per heavy atom. The smallest absolute Gasteiger partial charge is 0.201 e. The zero-order valence-electron chi connectivity index (χ0n) is 19.1. The van der Waals surface area contributed by atoms with Crippen LogP contribution in [0.2, 0.25) is 0 Å². The first-order valence-corrected chi connectivity index (χ1v) is 10.9. The maximum Gasteiger partial charge on any atom is 0.201 e. The van der Waals surface area contributed by atoms with E-state index in [0.29, 0.717) is 22.4 Å². The van der Waals surface area contributed by atoms with E-state index in [1.54, 1.807) is 55.5 Å². The minimum absolute atomic E-state index is 0.0430. The van der Waals surface area contributed by atoms with Gasteiger partial charge in [-0.05, 0) is 60.0 Å². The van der Waals surface area contributed by atoms with Crippen LogP contribution in [-0.4, -0.2) is 13.7 Å². The zero-order chi connectivity index (χ0) is 24.9. The van der Waals surface area contributed by atoms with Gasteiger partial charge in [-0.3, -0.25) is 0 Å². The molecule has 4 rings (SSSR count). The number of benzene rings is 4. The average molecular weight is 482 g/mol. The third-order valence-electron chi connectivity index (χ3n) is 5.45. The molecule has 4 aromatic carbocycles. The fourth-order valence-corrected chi connectivity index (χ4v) is 3.60. The predicted molar refractivity (Wildman–Crippen MR) is 126 cm³/mol. The second-order valence-corrected chi connectivity index (χ2v) is 7.63. The highest BCUT2D eigenvalue weighted by Crippen LogP contribution is 2.32. The van der Waals surface area contributed by atoms with Gasteiger partial charge in [0, 0.05) is 11.1 Å². The summed E-state index contributed by atoms with van der Waals surface area (Å²) in [5.74, 6) is -3.94. The molecule has 180 valence electrons. The Kier molecular flexibility index (Phi) is 7.25. The quantitative estimate of drug-likeness (QED) is 0.243. The Balaban J connectivity index is 1.47. The van der Waals surface area contributed by atoms with Gasteiger partial charge in [0.15, 0.2) is 23.1 Å². The van der Waals surface area contributed by atoms with E-state index in [1.165, 1.54) is 31.4 Å². The summed E-state index contributed by atoms with van der Waals surface area (Å²) < 4.78 is 73.6. The molecule has 0 bridgehead atoms. The normalized spacial score (nSPS) is 10.8. The van der Waals surface area contributed by atoms with Crippen molar-refractivity contribution in [1.82, 2.24) is 0 Å². The van der Waals surface area contributed by atoms with Crippen molar-refractivity contribution in [3.8, 4) is 39.5 Å². The molecular weight excluding hydrogens is 460 g/mol. The molecule has 0 heterocycles. The molecule has 0 N–H and O–H groups in total. The highest BCUT2D eigenvalue weighted by atomic mass is 19.2.